The summed E-state index contributed by atoms with van der Waals surface area (Å²) >= 11 is 0. The first kappa shape index (κ1) is 27.4. The summed E-state index contributed by atoms with van der Waals surface area (Å²) in [5.74, 6) is 3.66. The van der Waals surface area contributed by atoms with Gasteiger partial charge in [0, 0.05) is 38.6 Å². The summed E-state index contributed by atoms with van der Waals surface area (Å²) in [7, 11) is 1.82. The molecular weight excluding hydrogens is 470 g/mol. The lowest BCUT2D eigenvalue weighted by atomic mass is 9.53. The Morgan fingerprint density at radius 2 is 1.46 bits per heavy atom. The van der Waals surface area contributed by atoms with Gasteiger partial charge in [-0.2, -0.15) is 0 Å². The zero-order valence-corrected chi connectivity index (χ0v) is 22.6. The van der Waals surface area contributed by atoms with Crippen LogP contribution >= 0.6 is 0 Å². The summed E-state index contributed by atoms with van der Waals surface area (Å²) in [4.78, 5) is 14.5. The van der Waals surface area contributed by atoms with Crippen LogP contribution in [0.3, 0.4) is 0 Å². The highest BCUT2D eigenvalue weighted by atomic mass is 17.2. The van der Waals surface area contributed by atoms with E-state index in [9.17, 15) is 0 Å². The fraction of sp³-hybridized carbons (Fsp3) is 0.800. The largest absolute Gasteiger partial charge is 0.494 e. The highest BCUT2D eigenvalue weighted by Gasteiger charge is 2.60. The van der Waals surface area contributed by atoms with Gasteiger partial charge in [-0.15, -0.1) is 0 Å². The van der Waals surface area contributed by atoms with Crippen LogP contribution in [0.25, 0.3) is 0 Å². The highest BCUT2D eigenvalue weighted by Crippen LogP contribution is 2.60. The van der Waals surface area contributed by atoms with Gasteiger partial charge in [0.1, 0.15) is 5.75 Å². The van der Waals surface area contributed by atoms with E-state index in [0.29, 0.717) is 37.5 Å². The number of rotatable bonds is 14. The van der Waals surface area contributed by atoms with Crippen molar-refractivity contribution in [2.45, 2.75) is 82.0 Å². The molecular formula is C30H47NO6. The van der Waals surface area contributed by atoms with Crippen molar-refractivity contribution in [3.8, 4) is 5.75 Å². The number of aliphatic hydroxyl groups is 2. The summed E-state index contributed by atoms with van der Waals surface area (Å²) in [6.45, 7) is 2.83. The molecule has 5 fully saturated rings. The predicted octanol–water partition coefficient (Wildman–Crippen LogP) is 4.52. The van der Waals surface area contributed by atoms with Crippen LogP contribution in [0, 0.1) is 23.7 Å². The smallest absolute Gasteiger partial charge is 0.207 e. The maximum atomic E-state index is 9.11. The van der Waals surface area contributed by atoms with Crippen LogP contribution < -0.4 is 4.74 Å². The van der Waals surface area contributed by atoms with E-state index in [2.05, 4.69) is 29.2 Å². The van der Waals surface area contributed by atoms with E-state index >= 15 is 0 Å². The zero-order valence-electron chi connectivity index (χ0n) is 22.6. The highest BCUT2D eigenvalue weighted by molar-refractivity contribution is 5.29. The number of ether oxygens (including phenoxy) is 2. The quantitative estimate of drug-likeness (QED) is 0.163. The molecule has 1 aromatic carbocycles. The molecule has 7 heteroatoms. The van der Waals surface area contributed by atoms with Crippen molar-refractivity contribution in [3.05, 3.63) is 29.8 Å². The van der Waals surface area contributed by atoms with E-state index in [1.807, 2.05) is 7.11 Å². The molecule has 5 aliphatic carbocycles. The molecule has 4 bridgehead atoms. The van der Waals surface area contributed by atoms with Crippen LogP contribution in [0.4, 0.5) is 0 Å². The summed E-state index contributed by atoms with van der Waals surface area (Å²) < 4.78 is 12.0. The maximum Gasteiger partial charge on any atom is 0.207 e. The second-order valence-corrected chi connectivity index (χ2v) is 11.9. The number of aliphatic hydroxyl groups excluding tert-OH is 2. The standard InChI is InChI=1S/C30H47NO6/c1-34-30(26-18-22-17-23(20-26)21-27(30)19-22)37-36-29-9-5-25(6-10-29)24-3-7-28(8-4-24)35-16-2-11-31(12-14-32)13-15-33/h3-4,7-8,22-23,25-27,29,32-33H,2,5-6,9-21H2,1H3/t22?,23?,25-,26?,27?,29+,30?. The average Bonchev–Trinajstić information content (AvgIpc) is 2.92. The van der Waals surface area contributed by atoms with Gasteiger partial charge in [-0.25, -0.2) is 9.78 Å². The maximum absolute atomic E-state index is 9.11. The third kappa shape index (κ3) is 6.34. The van der Waals surface area contributed by atoms with E-state index in [-0.39, 0.29) is 19.3 Å². The molecule has 2 N–H and O–H groups in total. The molecule has 0 amide bonds. The molecule has 208 valence electrons. The lowest BCUT2D eigenvalue weighted by molar-refractivity contribution is -0.485. The Bertz CT molecular complexity index is 790. The lowest BCUT2D eigenvalue weighted by Crippen LogP contribution is -2.60. The third-order valence-corrected chi connectivity index (χ3v) is 9.66. The van der Waals surface area contributed by atoms with Gasteiger partial charge in [0.25, 0.3) is 0 Å². The van der Waals surface area contributed by atoms with E-state index in [1.54, 1.807) is 0 Å². The van der Waals surface area contributed by atoms with Gasteiger partial charge in [0.05, 0.1) is 25.9 Å². The van der Waals surface area contributed by atoms with Crippen LogP contribution in [-0.2, 0) is 14.5 Å². The third-order valence-electron chi connectivity index (χ3n) is 9.66. The van der Waals surface area contributed by atoms with Gasteiger partial charge in [-0.3, -0.25) is 4.90 Å². The van der Waals surface area contributed by atoms with Crippen molar-refractivity contribution in [1.82, 2.24) is 4.90 Å². The molecule has 0 aromatic heterocycles. The van der Waals surface area contributed by atoms with E-state index in [4.69, 9.17) is 29.5 Å². The van der Waals surface area contributed by atoms with Crippen molar-refractivity contribution in [2.75, 3.05) is 46.6 Å². The van der Waals surface area contributed by atoms with Crippen molar-refractivity contribution in [2.24, 2.45) is 23.7 Å². The summed E-state index contributed by atoms with van der Waals surface area (Å²) in [5, 5.41) is 18.2. The molecule has 6 rings (SSSR count). The van der Waals surface area contributed by atoms with Crippen molar-refractivity contribution < 1.29 is 29.5 Å². The Kier molecular flexibility index (Phi) is 9.43. The molecule has 5 aliphatic rings. The minimum atomic E-state index is -0.518. The van der Waals surface area contributed by atoms with Crippen LogP contribution in [0.5, 0.6) is 5.75 Å². The average molecular weight is 518 g/mol. The van der Waals surface area contributed by atoms with E-state index < -0.39 is 5.79 Å². The van der Waals surface area contributed by atoms with Gasteiger partial charge in [0.15, 0.2) is 0 Å². The molecule has 5 saturated carbocycles. The number of hydrogen-bond acceptors (Lipinski definition) is 7. The number of hydrogen-bond donors (Lipinski definition) is 2. The molecule has 1 aromatic rings. The van der Waals surface area contributed by atoms with Gasteiger partial charge < -0.3 is 19.7 Å². The van der Waals surface area contributed by atoms with E-state index in [1.165, 1.54) is 37.7 Å². The molecule has 0 aliphatic heterocycles. The second kappa shape index (κ2) is 12.8. The monoisotopic (exact) mass is 517 g/mol. The Labute approximate surface area is 222 Å². The number of benzene rings is 1. The first-order chi connectivity index (χ1) is 18.1. The first-order valence-corrected chi connectivity index (χ1v) is 14.7. The van der Waals surface area contributed by atoms with Crippen molar-refractivity contribution >= 4 is 0 Å². The van der Waals surface area contributed by atoms with Gasteiger partial charge in [0.2, 0.25) is 5.79 Å². The topological polar surface area (TPSA) is 80.6 Å². The van der Waals surface area contributed by atoms with Crippen LogP contribution in [0.1, 0.15) is 75.7 Å². The fourth-order valence-corrected chi connectivity index (χ4v) is 7.91. The molecule has 37 heavy (non-hydrogen) atoms. The minimum absolute atomic E-state index is 0.110. The summed E-state index contributed by atoms with van der Waals surface area (Å²) in [6, 6.07) is 8.57. The molecule has 0 spiro atoms. The lowest BCUT2D eigenvalue weighted by Gasteiger charge is -2.58. The zero-order chi connectivity index (χ0) is 25.7. The Hall–Kier alpha value is -1.22. The van der Waals surface area contributed by atoms with Gasteiger partial charge in [-0.05, 0) is 99.7 Å². The van der Waals surface area contributed by atoms with Crippen molar-refractivity contribution in [3.63, 3.8) is 0 Å². The van der Waals surface area contributed by atoms with Crippen LogP contribution in [-0.4, -0.2) is 73.6 Å². The van der Waals surface area contributed by atoms with Crippen LogP contribution in [0.2, 0.25) is 0 Å². The molecule has 0 saturated heterocycles. The minimum Gasteiger partial charge on any atom is -0.494 e. The molecule has 0 atom stereocenters. The first-order valence-electron chi connectivity index (χ1n) is 14.7. The molecule has 0 heterocycles. The molecule has 0 unspecified atom stereocenters. The van der Waals surface area contributed by atoms with Crippen LogP contribution in [0.15, 0.2) is 24.3 Å². The fourth-order valence-electron chi connectivity index (χ4n) is 7.91. The Morgan fingerprint density at radius 1 is 0.838 bits per heavy atom. The normalized spacial score (nSPS) is 34.8. The number of methoxy groups -OCH3 is 1. The summed E-state index contributed by atoms with van der Waals surface area (Å²) in [6.07, 6.45) is 11.6. The Morgan fingerprint density at radius 3 is 2.03 bits per heavy atom. The molecule has 7 nitrogen and oxygen atoms in total. The summed E-state index contributed by atoms with van der Waals surface area (Å²) in [5.41, 5.74) is 1.37. The SMILES string of the molecule is COC1(OO[C@H]2CC[C@@H](c3ccc(OCCCN(CCO)CCO)cc3)CC2)C2CC3CC(C2)CC1C3. The Balaban J connectivity index is 1.03. The number of nitrogens with zero attached hydrogens (tertiary/aromatic N) is 1. The second-order valence-electron chi connectivity index (χ2n) is 11.9. The van der Waals surface area contributed by atoms with Crippen molar-refractivity contribution in [1.29, 1.82) is 0 Å². The van der Waals surface area contributed by atoms with E-state index in [0.717, 1.165) is 56.2 Å². The molecule has 0 radical (unpaired) electrons. The predicted molar refractivity (Wildman–Crippen MR) is 141 cm³/mol. The van der Waals surface area contributed by atoms with Gasteiger partial charge in [-0.1, -0.05) is 12.1 Å². The van der Waals surface area contributed by atoms with Gasteiger partial charge >= 0.3 is 0 Å².